The molecule has 24 heavy (non-hydrogen) atoms. The zero-order valence-electron chi connectivity index (χ0n) is 12.8. The number of benzene rings is 2. The van der Waals surface area contributed by atoms with Crippen molar-refractivity contribution >= 4 is 34.4 Å². The summed E-state index contributed by atoms with van der Waals surface area (Å²) in [6, 6.07) is 21.1. The minimum absolute atomic E-state index is 0.0578. The third-order valence-corrected chi connectivity index (χ3v) is 4.59. The van der Waals surface area contributed by atoms with Crippen molar-refractivity contribution in [1.29, 1.82) is 0 Å². The first kappa shape index (κ1) is 14.6. The predicted molar refractivity (Wildman–Crippen MR) is 101 cm³/mol. The summed E-state index contributed by atoms with van der Waals surface area (Å²) in [6.07, 6.45) is 3.88. The van der Waals surface area contributed by atoms with E-state index < -0.39 is 0 Å². The number of thiophene rings is 1. The van der Waals surface area contributed by atoms with Gasteiger partial charge >= 0.3 is 0 Å². The summed E-state index contributed by atoms with van der Waals surface area (Å²) in [5, 5.41) is 2.65. The SMILES string of the molecule is O=c1c2ccccc2nc(/C=C\c2cccs2)n1-c1ccccc1. The van der Waals surface area contributed by atoms with Crippen LogP contribution in [0.1, 0.15) is 10.7 Å². The first-order valence-electron chi connectivity index (χ1n) is 7.62. The molecule has 0 aliphatic heterocycles. The molecular formula is C20H14N2OS. The van der Waals surface area contributed by atoms with Crippen LogP contribution in [0.5, 0.6) is 0 Å². The van der Waals surface area contributed by atoms with E-state index in [-0.39, 0.29) is 5.56 Å². The van der Waals surface area contributed by atoms with E-state index in [4.69, 9.17) is 4.98 Å². The Morgan fingerprint density at radius 2 is 1.67 bits per heavy atom. The van der Waals surface area contributed by atoms with E-state index in [2.05, 4.69) is 0 Å². The van der Waals surface area contributed by atoms with E-state index in [9.17, 15) is 4.79 Å². The molecule has 0 saturated carbocycles. The average molecular weight is 330 g/mol. The van der Waals surface area contributed by atoms with Crippen LogP contribution in [0, 0.1) is 0 Å². The molecule has 0 N–H and O–H groups in total. The molecule has 0 aliphatic carbocycles. The monoisotopic (exact) mass is 330 g/mol. The normalized spacial score (nSPS) is 11.3. The molecule has 0 bridgehead atoms. The van der Waals surface area contributed by atoms with Crippen molar-refractivity contribution in [2.75, 3.05) is 0 Å². The van der Waals surface area contributed by atoms with E-state index in [0.717, 1.165) is 10.6 Å². The Hall–Kier alpha value is -2.98. The van der Waals surface area contributed by atoms with Crippen molar-refractivity contribution in [2.45, 2.75) is 0 Å². The molecule has 0 unspecified atom stereocenters. The molecule has 2 aromatic carbocycles. The Morgan fingerprint density at radius 1 is 0.875 bits per heavy atom. The quantitative estimate of drug-likeness (QED) is 0.549. The summed E-state index contributed by atoms with van der Waals surface area (Å²) in [7, 11) is 0. The third-order valence-electron chi connectivity index (χ3n) is 3.76. The second-order valence-corrected chi connectivity index (χ2v) is 6.29. The number of para-hydroxylation sites is 2. The largest absolute Gasteiger partial charge is 0.268 e. The number of hydrogen-bond donors (Lipinski definition) is 0. The van der Waals surface area contributed by atoms with E-state index in [0.29, 0.717) is 16.7 Å². The fourth-order valence-electron chi connectivity index (χ4n) is 2.63. The Labute approximate surface area is 143 Å². The highest BCUT2D eigenvalue weighted by Crippen LogP contribution is 2.16. The second kappa shape index (κ2) is 6.26. The van der Waals surface area contributed by atoms with Gasteiger partial charge in [-0.15, -0.1) is 11.3 Å². The molecule has 0 radical (unpaired) electrons. The molecule has 3 nitrogen and oxygen atoms in total. The maximum absolute atomic E-state index is 13.0. The molecule has 0 aliphatic rings. The van der Waals surface area contributed by atoms with Gasteiger partial charge in [-0.05, 0) is 47.9 Å². The lowest BCUT2D eigenvalue weighted by atomic mass is 10.2. The van der Waals surface area contributed by atoms with Gasteiger partial charge < -0.3 is 0 Å². The number of hydrogen-bond acceptors (Lipinski definition) is 3. The van der Waals surface area contributed by atoms with Crippen LogP contribution >= 0.6 is 11.3 Å². The minimum atomic E-state index is -0.0578. The molecule has 0 saturated heterocycles. The van der Waals surface area contributed by atoms with Crippen LogP contribution < -0.4 is 5.56 Å². The van der Waals surface area contributed by atoms with Crippen molar-refractivity contribution in [3.8, 4) is 5.69 Å². The second-order valence-electron chi connectivity index (χ2n) is 5.31. The zero-order chi connectivity index (χ0) is 16.4. The van der Waals surface area contributed by atoms with Crippen LogP contribution in [0.2, 0.25) is 0 Å². The molecule has 4 aromatic rings. The first-order chi connectivity index (χ1) is 11.8. The Balaban J connectivity index is 1.98. The van der Waals surface area contributed by atoms with Gasteiger partial charge in [0.15, 0.2) is 0 Å². The standard InChI is InChI=1S/C20H14N2OS/c23-20-17-10-4-5-11-18(17)21-19(13-12-16-9-6-14-24-16)22(20)15-7-2-1-3-8-15/h1-14H/b13-12-. The van der Waals surface area contributed by atoms with Gasteiger partial charge in [-0.1, -0.05) is 36.4 Å². The molecule has 116 valence electrons. The first-order valence-corrected chi connectivity index (χ1v) is 8.50. The predicted octanol–water partition coefficient (Wildman–Crippen LogP) is 4.62. The van der Waals surface area contributed by atoms with Crippen LogP contribution in [0.15, 0.2) is 76.9 Å². The van der Waals surface area contributed by atoms with Gasteiger partial charge in [0.2, 0.25) is 0 Å². The van der Waals surface area contributed by atoms with Crippen molar-refractivity contribution in [2.24, 2.45) is 0 Å². The van der Waals surface area contributed by atoms with Gasteiger partial charge in [-0.25, -0.2) is 4.98 Å². The Bertz CT molecular complexity index is 1060. The molecule has 0 atom stereocenters. The number of aromatic nitrogens is 2. The van der Waals surface area contributed by atoms with Crippen molar-refractivity contribution in [3.63, 3.8) is 0 Å². The lowest BCUT2D eigenvalue weighted by Crippen LogP contribution is -2.22. The maximum Gasteiger partial charge on any atom is 0.266 e. The van der Waals surface area contributed by atoms with Crippen LogP contribution in [0.3, 0.4) is 0 Å². The van der Waals surface area contributed by atoms with Gasteiger partial charge in [0.25, 0.3) is 5.56 Å². The van der Waals surface area contributed by atoms with Crippen molar-refractivity contribution in [1.82, 2.24) is 9.55 Å². The molecule has 0 amide bonds. The number of rotatable bonds is 3. The third kappa shape index (κ3) is 2.68. The number of nitrogens with zero attached hydrogens (tertiary/aromatic N) is 2. The van der Waals surface area contributed by atoms with Gasteiger partial charge in [-0.3, -0.25) is 9.36 Å². The number of fused-ring (bicyclic) bond motifs is 1. The fourth-order valence-corrected chi connectivity index (χ4v) is 3.25. The van der Waals surface area contributed by atoms with Crippen LogP contribution in [0.4, 0.5) is 0 Å². The van der Waals surface area contributed by atoms with Crippen LogP contribution in [-0.4, -0.2) is 9.55 Å². The highest BCUT2D eigenvalue weighted by molar-refractivity contribution is 7.10. The van der Waals surface area contributed by atoms with Crippen molar-refractivity contribution in [3.05, 3.63) is 93.2 Å². The maximum atomic E-state index is 13.0. The van der Waals surface area contributed by atoms with Crippen LogP contribution in [-0.2, 0) is 0 Å². The molecular weight excluding hydrogens is 316 g/mol. The molecule has 0 fully saturated rings. The van der Waals surface area contributed by atoms with E-state index in [1.54, 1.807) is 15.9 Å². The highest BCUT2D eigenvalue weighted by atomic mass is 32.1. The zero-order valence-corrected chi connectivity index (χ0v) is 13.6. The lowest BCUT2D eigenvalue weighted by Gasteiger charge is -2.11. The fraction of sp³-hybridized carbons (Fsp3) is 0. The van der Waals surface area contributed by atoms with E-state index in [1.807, 2.05) is 84.3 Å². The molecule has 4 heteroatoms. The van der Waals surface area contributed by atoms with Crippen LogP contribution in [0.25, 0.3) is 28.7 Å². The lowest BCUT2D eigenvalue weighted by molar-refractivity contribution is 0.944. The molecule has 0 spiro atoms. The Morgan fingerprint density at radius 3 is 2.46 bits per heavy atom. The topological polar surface area (TPSA) is 34.9 Å². The molecule has 4 rings (SSSR count). The summed E-state index contributed by atoms with van der Waals surface area (Å²) in [5.41, 5.74) is 1.46. The molecule has 2 heterocycles. The highest BCUT2D eigenvalue weighted by Gasteiger charge is 2.10. The summed E-state index contributed by atoms with van der Waals surface area (Å²) in [5.74, 6) is 0.623. The summed E-state index contributed by atoms with van der Waals surface area (Å²) >= 11 is 1.65. The summed E-state index contributed by atoms with van der Waals surface area (Å²) in [6.45, 7) is 0. The average Bonchev–Trinajstić information content (AvgIpc) is 3.14. The smallest absolute Gasteiger partial charge is 0.266 e. The molecule has 2 aromatic heterocycles. The van der Waals surface area contributed by atoms with Gasteiger partial charge in [0.1, 0.15) is 5.82 Å². The van der Waals surface area contributed by atoms with Gasteiger partial charge in [0.05, 0.1) is 16.6 Å². The van der Waals surface area contributed by atoms with E-state index in [1.165, 1.54) is 0 Å². The summed E-state index contributed by atoms with van der Waals surface area (Å²) in [4.78, 5) is 18.8. The Kier molecular flexibility index (Phi) is 3.81. The van der Waals surface area contributed by atoms with Gasteiger partial charge in [-0.2, -0.15) is 0 Å². The van der Waals surface area contributed by atoms with Crippen molar-refractivity contribution < 1.29 is 0 Å². The van der Waals surface area contributed by atoms with E-state index >= 15 is 0 Å². The summed E-state index contributed by atoms with van der Waals surface area (Å²) < 4.78 is 1.66. The van der Waals surface area contributed by atoms with Gasteiger partial charge in [0, 0.05) is 4.88 Å². The minimum Gasteiger partial charge on any atom is -0.268 e.